The molecule has 1 unspecified atom stereocenters. The maximum absolute atomic E-state index is 11.2. The van der Waals surface area contributed by atoms with Crippen molar-refractivity contribution in [1.82, 2.24) is 5.32 Å². The second-order valence-corrected chi connectivity index (χ2v) is 3.95. The van der Waals surface area contributed by atoms with E-state index in [4.69, 9.17) is 10.5 Å². The van der Waals surface area contributed by atoms with Gasteiger partial charge in [-0.3, -0.25) is 4.79 Å². The van der Waals surface area contributed by atoms with Crippen molar-refractivity contribution in [2.45, 2.75) is 39.3 Å². The van der Waals surface area contributed by atoms with Crippen molar-refractivity contribution in [1.29, 1.82) is 0 Å². The van der Waals surface area contributed by atoms with Crippen molar-refractivity contribution in [2.75, 3.05) is 0 Å². The van der Waals surface area contributed by atoms with Crippen LogP contribution in [0, 0.1) is 0 Å². The molecule has 3 N–H and O–H groups in total. The molecule has 5 heteroatoms. The van der Waals surface area contributed by atoms with Gasteiger partial charge in [-0.25, -0.2) is 4.79 Å². The molecule has 17 heavy (non-hydrogen) atoms. The van der Waals surface area contributed by atoms with Crippen molar-refractivity contribution in [3.63, 3.8) is 0 Å². The number of ketones is 1. The first-order valence-corrected chi connectivity index (χ1v) is 5.69. The average Bonchev–Trinajstić information content (AvgIpc) is 2.29. The van der Waals surface area contributed by atoms with Crippen LogP contribution in [-0.2, 0) is 14.3 Å². The smallest absolute Gasteiger partial charge is 0.376 e. The largest absolute Gasteiger partial charge is 0.430 e. The standard InChI is InChI=1S/C12H18N2O3/c1-3-4-5-9-6-7-10(13)11(14-9)17-12(16)8(2)15/h6-7,11,14H,3-5,13H2,1-2H3. The number of ether oxygens (including phenoxy) is 1. The van der Waals surface area contributed by atoms with Gasteiger partial charge in [0.1, 0.15) is 0 Å². The van der Waals surface area contributed by atoms with Crippen molar-refractivity contribution in [3.8, 4) is 0 Å². The predicted molar refractivity (Wildman–Crippen MR) is 63.6 cm³/mol. The van der Waals surface area contributed by atoms with Crippen LogP contribution >= 0.6 is 0 Å². The highest BCUT2D eigenvalue weighted by atomic mass is 16.6. The third-order valence-corrected chi connectivity index (χ3v) is 2.41. The third kappa shape index (κ3) is 3.94. The van der Waals surface area contributed by atoms with E-state index < -0.39 is 18.0 Å². The zero-order valence-corrected chi connectivity index (χ0v) is 10.2. The van der Waals surface area contributed by atoms with Crippen LogP contribution in [0.2, 0.25) is 0 Å². The van der Waals surface area contributed by atoms with Gasteiger partial charge >= 0.3 is 5.97 Å². The Morgan fingerprint density at radius 3 is 2.76 bits per heavy atom. The quantitative estimate of drug-likeness (QED) is 0.551. The Hall–Kier alpha value is -1.78. The molecule has 1 aliphatic heterocycles. The SMILES string of the molecule is CCCCC1=CC=C(N)C(OC(=O)C(C)=O)N1. The number of carbonyl (C=O) groups is 2. The topological polar surface area (TPSA) is 81.4 Å². The number of dihydropyridines is 1. The van der Waals surface area contributed by atoms with Gasteiger partial charge in [-0.15, -0.1) is 0 Å². The molecule has 0 aromatic carbocycles. The van der Waals surface area contributed by atoms with Gasteiger partial charge in [0.15, 0.2) is 0 Å². The molecule has 1 atom stereocenters. The average molecular weight is 238 g/mol. The van der Waals surface area contributed by atoms with E-state index in [0.29, 0.717) is 5.70 Å². The lowest BCUT2D eigenvalue weighted by Gasteiger charge is -2.24. The molecule has 0 amide bonds. The molecule has 1 heterocycles. The summed E-state index contributed by atoms with van der Waals surface area (Å²) in [6.07, 6.45) is 5.82. The Bertz CT molecular complexity index is 372. The van der Waals surface area contributed by atoms with Gasteiger partial charge in [-0.05, 0) is 25.0 Å². The highest BCUT2D eigenvalue weighted by Gasteiger charge is 2.22. The van der Waals surface area contributed by atoms with Crippen LogP contribution in [0.4, 0.5) is 0 Å². The minimum atomic E-state index is -0.879. The van der Waals surface area contributed by atoms with Gasteiger partial charge in [0, 0.05) is 12.6 Å². The summed E-state index contributed by atoms with van der Waals surface area (Å²) >= 11 is 0. The fourth-order valence-electron chi connectivity index (χ4n) is 1.39. The van der Waals surface area contributed by atoms with Crippen molar-refractivity contribution in [3.05, 3.63) is 23.5 Å². The van der Waals surface area contributed by atoms with E-state index in [2.05, 4.69) is 12.2 Å². The molecule has 0 bridgehead atoms. The number of hydrogen-bond acceptors (Lipinski definition) is 5. The minimum Gasteiger partial charge on any atom is -0.430 e. The summed E-state index contributed by atoms with van der Waals surface area (Å²) in [6.45, 7) is 3.26. The van der Waals surface area contributed by atoms with Gasteiger partial charge < -0.3 is 15.8 Å². The van der Waals surface area contributed by atoms with Crippen LogP contribution < -0.4 is 11.1 Å². The number of esters is 1. The third-order valence-electron chi connectivity index (χ3n) is 2.41. The Balaban J connectivity index is 2.59. The van der Waals surface area contributed by atoms with Gasteiger partial charge in [0.25, 0.3) is 0 Å². The first-order valence-electron chi connectivity index (χ1n) is 5.69. The van der Waals surface area contributed by atoms with Crippen LogP contribution in [0.1, 0.15) is 33.1 Å². The zero-order chi connectivity index (χ0) is 12.8. The fourth-order valence-corrected chi connectivity index (χ4v) is 1.39. The number of carbonyl (C=O) groups excluding carboxylic acids is 2. The molecule has 0 aromatic heterocycles. The number of unbranched alkanes of at least 4 members (excludes halogenated alkanes) is 1. The number of Topliss-reactive ketones (excluding diaryl/α,β-unsaturated/α-hetero) is 1. The normalized spacial score (nSPS) is 18.8. The predicted octanol–water partition coefficient (Wildman–Crippen LogP) is 0.965. The summed E-state index contributed by atoms with van der Waals surface area (Å²) in [5, 5.41) is 3.00. The first kappa shape index (κ1) is 13.3. The second-order valence-electron chi connectivity index (χ2n) is 3.95. The maximum Gasteiger partial charge on any atom is 0.376 e. The number of allylic oxidation sites excluding steroid dienone is 3. The summed E-state index contributed by atoms with van der Waals surface area (Å²) in [6, 6.07) is 0. The van der Waals surface area contributed by atoms with Gasteiger partial charge in [-0.1, -0.05) is 13.3 Å². The molecule has 94 valence electrons. The van der Waals surface area contributed by atoms with E-state index in [9.17, 15) is 9.59 Å². The van der Waals surface area contributed by atoms with E-state index in [0.717, 1.165) is 25.0 Å². The van der Waals surface area contributed by atoms with Crippen LogP contribution in [0.15, 0.2) is 23.5 Å². The van der Waals surface area contributed by atoms with Gasteiger partial charge in [0.05, 0.1) is 5.70 Å². The lowest BCUT2D eigenvalue weighted by Crippen LogP contribution is -2.40. The summed E-state index contributed by atoms with van der Waals surface area (Å²) in [5.41, 5.74) is 7.03. The minimum absolute atomic E-state index is 0.389. The molecule has 1 rings (SSSR count). The molecule has 0 radical (unpaired) electrons. The molecule has 0 aromatic rings. The lowest BCUT2D eigenvalue weighted by molar-refractivity contribution is -0.156. The Morgan fingerprint density at radius 1 is 1.47 bits per heavy atom. The van der Waals surface area contributed by atoms with Crippen molar-refractivity contribution < 1.29 is 14.3 Å². The molecule has 0 aliphatic carbocycles. The molecule has 0 spiro atoms. The van der Waals surface area contributed by atoms with E-state index in [1.165, 1.54) is 6.92 Å². The van der Waals surface area contributed by atoms with E-state index in [1.807, 2.05) is 6.08 Å². The number of hydrogen-bond donors (Lipinski definition) is 2. The monoisotopic (exact) mass is 238 g/mol. The number of nitrogens with two attached hydrogens (primary N) is 1. The highest BCUT2D eigenvalue weighted by molar-refractivity contribution is 6.32. The van der Waals surface area contributed by atoms with E-state index in [1.54, 1.807) is 6.08 Å². The fraction of sp³-hybridized carbons (Fsp3) is 0.500. The number of nitrogens with one attached hydrogen (secondary N) is 1. The molecule has 5 nitrogen and oxygen atoms in total. The first-order chi connectivity index (χ1) is 8.04. The van der Waals surface area contributed by atoms with E-state index >= 15 is 0 Å². The second kappa shape index (κ2) is 6.08. The Labute approximate surface area is 101 Å². The lowest BCUT2D eigenvalue weighted by atomic mass is 10.1. The van der Waals surface area contributed by atoms with Crippen molar-refractivity contribution >= 4 is 11.8 Å². The zero-order valence-electron chi connectivity index (χ0n) is 10.2. The summed E-state index contributed by atoms with van der Waals surface area (Å²) in [5.74, 6) is -1.51. The van der Waals surface area contributed by atoms with Crippen LogP contribution in [-0.4, -0.2) is 18.0 Å². The molecule has 0 saturated heterocycles. The van der Waals surface area contributed by atoms with Gasteiger partial charge in [-0.2, -0.15) is 0 Å². The Morgan fingerprint density at radius 2 is 2.18 bits per heavy atom. The molecule has 0 fully saturated rings. The number of rotatable bonds is 5. The van der Waals surface area contributed by atoms with E-state index in [-0.39, 0.29) is 0 Å². The van der Waals surface area contributed by atoms with Gasteiger partial charge in [0.2, 0.25) is 12.0 Å². The van der Waals surface area contributed by atoms with Crippen LogP contribution in [0.3, 0.4) is 0 Å². The molecule has 0 saturated carbocycles. The summed E-state index contributed by atoms with van der Waals surface area (Å²) in [7, 11) is 0. The van der Waals surface area contributed by atoms with Crippen molar-refractivity contribution in [2.24, 2.45) is 5.73 Å². The molecular formula is C12H18N2O3. The van der Waals surface area contributed by atoms with Crippen LogP contribution in [0.25, 0.3) is 0 Å². The maximum atomic E-state index is 11.2. The highest BCUT2D eigenvalue weighted by Crippen LogP contribution is 2.13. The molecular weight excluding hydrogens is 220 g/mol. The molecule has 1 aliphatic rings. The van der Waals surface area contributed by atoms with Crippen LogP contribution in [0.5, 0.6) is 0 Å². The summed E-state index contributed by atoms with van der Waals surface area (Å²) in [4.78, 5) is 22.0. The Kier molecular flexibility index (Phi) is 4.75. The summed E-state index contributed by atoms with van der Waals surface area (Å²) < 4.78 is 4.94.